The zero-order chi connectivity index (χ0) is 19.6. The lowest BCUT2D eigenvalue weighted by Crippen LogP contribution is -2.41. The highest BCUT2D eigenvalue weighted by molar-refractivity contribution is 6.32. The van der Waals surface area contributed by atoms with Crippen LogP contribution in [0.5, 0.6) is 11.5 Å². The van der Waals surface area contributed by atoms with Crippen LogP contribution in [0.1, 0.15) is 6.92 Å². The second-order valence-corrected chi connectivity index (χ2v) is 6.96. The first-order chi connectivity index (χ1) is 13.0. The SMILES string of the molecule is CCN(CC(O)COc1ccccc1Cl)CC(O)COc1ccccc1Cl. The molecule has 0 spiro atoms. The van der Waals surface area contributed by atoms with Crippen molar-refractivity contribution in [3.63, 3.8) is 0 Å². The molecule has 2 rings (SSSR count). The third-order valence-electron chi connectivity index (χ3n) is 3.92. The molecule has 148 valence electrons. The first kappa shape index (κ1) is 21.8. The number of likely N-dealkylation sites (N-methyl/N-ethyl adjacent to an activating group) is 1. The maximum atomic E-state index is 10.2. The van der Waals surface area contributed by atoms with Crippen molar-refractivity contribution in [2.75, 3.05) is 32.8 Å². The summed E-state index contributed by atoms with van der Waals surface area (Å²) in [5.74, 6) is 1.07. The minimum absolute atomic E-state index is 0.118. The number of halogens is 2. The van der Waals surface area contributed by atoms with Crippen LogP contribution >= 0.6 is 23.2 Å². The summed E-state index contributed by atoms with van der Waals surface area (Å²) in [6.07, 6.45) is -1.42. The van der Waals surface area contributed by atoms with E-state index in [1.807, 2.05) is 36.1 Å². The Morgan fingerprint density at radius 2 is 1.22 bits per heavy atom. The molecule has 0 bridgehead atoms. The van der Waals surface area contributed by atoms with E-state index in [2.05, 4.69) is 0 Å². The van der Waals surface area contributed by atoms with Crippen molar-refractivity contribution in [1.82, 2.24) is 4.90 Å². The van der Waals surface area contributed by atoms with Crippen molar-refractivity contribution >= 4 is 23.2 Å². The van der Waals surface area contributed by atoms with Crippen LogP contribution in [0.25, 0.3) is 0 Å². The highest BCUT2D eigenvalue weighted by atomic mass is 35.5. The zero-order valence-corrected chi connectivity index (χ0v) is 16.7. The van der Waals surface area contributed by atoms with E-state index in [1.165, 1.54) is 0 Å². The zero-order valence-electron chi connectivity index (χ0n) is 15.2. The highest BCUT2D eigenvalue weighted by Gasteiger charge is 2.16. The van der Waals surface area contributed by atoms with Crippen LogP contribution in [0.3, 0.4) is 0 Å². The topological polar surface area (TPSA) is 62.2 Å². The molecule has 2 aromatic carbocycles. The van der Waals surface area contributed by atoms with Gasteiger partial charge in [0, 0.05) is 13.1 Å². The van der Waals surface area contributed by atoms with E-state index in [0.29, 0.717) is 41.2 Å². The molecular formula is C20H25Cl2NO4. The largest absolute Gasteiger partial charge is 0.489 e. The lowest BCUT2D eigenvalue weighted by atomic mass is 10.2. The van der Waals surface area contributed by atoms with Gasteiger partial charge in [0.2, 0.25) is 0 Å². The molecule has 0 aliphatic carbocycles. The number of para-hydroxylation sites is 2. The van der Waals surface area contributed by atoms with Crippen LogP contribution in [0.4, 0.5) is 0 Å². The Hall–Kier alpha value is -1.50. The fourth-order valence-corrected chi connectivity index (χ4v) is 2.91. The minimum atomic E-state index is -0.710. The van der Waals surface area contributed by atoms with Gasteiger partial charge in [-0.05, 0) is 30.8 Å². The van der Waals surface area contributed by atoms with E-state index in [0.717, 1.165) is 0 Å². The summed E-state index contributed by atoms with van der Waals surface area (Å²) < 4.78 is 11.1. The van der Waals surface area contributed by atoms with Gasteiger partial charge in [0.15, 0.2) is 0 Å². The molecule has 0 saturated heterocycles. The van der Waals surface area contributed by atoms with Gasteiger partial charge in [0.1, 0.15) is 36.9 Å². The molecule has 5 nitrogen and oxygen atoms in total. The Morgan fingerprint density at radius 3 is 1.59 bits per heavy atom. The van der Waals surface area contributed by atoms with E-state index < -0.39 is 12.2 Å². The minimum Gasteiger partial charge on any atom is -0.489 e. The highest BCUT2D eigenvalue weighted by Crippen LogP contribution is 2.24. The number of aliphatic hydroxyl groups is 2. The number of hydrogen-bond acceptors (Lipinski definition) is 5. The summed E-state index contributed by atoms with van der Waals surface area (Å²) in [6, 6.07) is 14.2. The predicted molar refractivity (Wildman–Crippen MR) is 108 cm³/mol. The number of aliphatic hydroxyl groups excluding tert-OH is 2. The van der Waals surface area contributed by atoms with Crippen molar-refractivity contribution in [1.29, 1.82) is 0 Å². The average molecular weight is 414 g/mol. The quantitative estimate of drug-likeness (QED) is 0.590. The number of rotatable bonds is 11. The van der Waals surface area contributed by atoms with Crippen molar-refractivity contribution in [2.24, 2.45) is 0 Å². The van der Waals surface area contributed by atoms with Gasteiger partial charge < -0.3 is 19.7 Å². The Morgan fingerprint density at radius 1 is 0.815 bits per heavy atom. The van der Waals surface area contributed by atoms with Gasteiger partial charge in [-0.25, -0.2) is 0 Å². The Labute approximate surface area is 170 Å². The molecule has 0 amide bonds. The summed E-state index contributed by atoms with van der Waals surface area (Å²) in [5, 5.41) is 21.4. The molecule has 0 radical (unpaired) electrons. The van der Waals surface area contributed by atoms with Crippen LogP contribution in [0.15, 0.2) is 48.5 Å². The second kappa shape index (κ2) is 11.4. The smallest absolute Gasteiger partial charge is 0.138 e. The Bertz CT molecular complexity index is 644. The van der Waals surface area contributed by atoms with Gasteiger partial charge in [-0.15, -0.1) is 0 Å². The van der Waals surface area contributed by atoms with Crippen LogP contribution in [-0.2, 0) is 0 Å². The molecular weight excluding hydrogens is 389 g/mol. The van der Waals surface area contributed by atoms with E-state index in [-0.39, 0.29) is 13.2 Å². The fraction of sp³-hybridized carbons (Fsp3) is 0.400. The molecule has 2 aromatic rings. The normalized spacial score (nSPS) is 13.4. The van der Waals surface area contributed by atoms with Crippen LogP contribution in [-0.4, -0.2) is 60.2 Å². The standard InChI is InChI=1S/C20H25Cl2NO4/c1-2-23(11-15(24)13-26-19-9-5-3-7-17(19)21)12-16(25)14-27-20-10-6-4-8-18(20)22/h3-10,15-16,24-25H,2,11-14H2,1H3. The van der Waals surface area contributed by atoms with E-state index in [9.17, 15) is 10.2 Å². The van der Waals surface area contributed by atoms with Gasteiger partial charge in [-0.1, -0.05) is 54.4 Å². The summed E-state index contributed by atoms with van der Waals surface area (Å²) in [5.41, 5.74) is 0. The maximum absolute atomic E-state index is 10.2. The molecule has 0 aromatic heterocycles. The molecule has 27 heavy (non-hydrogen) atoms. The monoisotopic (exact) mass is 413 g/mol. The van der Waals surface area contributed by atoms with Crippen LogP contribution in [0.2, 0.25) is 10.0 Å². The molecule has 0 aliphatic rings. The lowest BCUT2D eigenvalue weighted by molar-refractivity contribution is 0.0334. The lowest BCUT2D eigenvalue weighted by Gasteiger charge is -2.26. The molecule has 0 saturated carbocycles. The van der Waals surface area contributed by atoms with Gasteiger partial charge in [0.05, 0.1) is 10.0 Å². The molecule has 2 unspecified atom stereocenters. The van der Waals surface area contributed by atoms with Gasteiger partial charge in [-0.2, -0.15) is 0 Å². The molecule has 0 aliphatic heterocycles. The van der Waals surface area contributed by atoms with E-state index >= 15 is 0 Å². The number of ether oxygens (including phenoxy) is 2. The molecule has 0 heterocycles. The Balaban J connectivity index is 1.75. The van der Waals surface area contributed by atoms with Crippen molar-refractivity contribution < 1.29 is 19.7 Å². The van der Waals surface area contributed by atoms with Crippen LogP contribution in [0, 0.1) is 0 Å². The molecule has 7 heteroatoms. The first-order valence-electron chi connectivity index (χ1n) is 8.82. The van der Waals surface area contributed by atoms with Gasteiger partial charge in [0.25, 0.3) is 0 Å². The van der Waals surface area contributed by atoms with Crippen molar-refractivity contribution in [3.8, 4) is 11.5 Å². The fourth-order valence-electron chi connectivity index (χ4n) is 2.53. The third-order valence-corrected chi connectivity index (χ3v) is 4.55. The summed E-state index contributed by atoms with van der Waals surface area (Å²) in [4.78, 5) is 1.93. The Kier molecular flexibility index (Phi) is 9.18. The van der Waals surface area contributed by atoms with E-state index in [1.54, 1.807) is 24.3 Å². The number of benzene rings is 2. The third kappa shape index (κ3) is 7.56. The summed E-state index contributed by atoms with van der Waals surface area (Å²) in [7, 11) is 0. The maximum Gasteiger partial charge on any atom is 0.138 e. The number of hydrogen-bond donors (Lipinski definition) is 2. The van der Waals surface area contributed by atoms with Gasteiger partial charge in [-0.3, -0.25) is 4.90 Å². The predicted octanol–water partition coefficient (Wildman–Crippen LogP) is 3.49. The molecule has 2 N–H and O–H groups in total. The van der Waals surface area contributed by atoms with Gasteiger partial charge >= 0.3 is 0 Å². The van der Waals surface area contributed by atoms with Crippen LogP contribution < -0.4 is 9.47 Å². The van der Waals surface area contributed by atoms with E-state index in [4.69, 9.17) is 32.7 Å². The first-order valence-corrected chi connectivity index (χ1v) is 9.58. The number of nitrogens with zero attached hydrogens (tertiary/aromatic N) is 1. The summed E-state index contributed by atoms with van der Waals surface area (Å²) >= 11 is 12.1. The second-order valence-electron chi connectivity index (χ2n) is 6.14. The molecule has 2 atom stereocenters. The average Bonchev–Trinajstić information content (AvgIpc) is 2.66. The van der Waals surface area contributed by atoms with Crippen molar-refractivity contribution in [2.45, 2.75) is 19.1 Å². The van der Waals surface area contributed by atoms with Crippen molar-refractivity contribution in [3.05, 3.63) is 58.6 Å². The summed E-state index contributed by atoms with van der Waals surface area (Å²) in [6.45, 7) is 3.60. The molecule has 0 fully saturated rings.